The first-order valence-electron chi connectivity index (χ1n) is 6.25. The van der Waals surface area contributed by atoms with Crippen LogP contribution in [0, 0.1) is 0 Å². The van der Waals surface area contributed by atoms with E-state index in [1.807, 2.05) is 12.3 Å². The highest BCUT2D eigenvalue weighted by molar-refractivity contribution is 7.89. The number of thiocarbonyl (C=S) groups is 1. The average Bonchev–Trinajstić information content (AvgIpc) is 2.99. The van der Waals surface area contributed by atoms with Gasteiger partial charge in [-0.3, -0.25) is 0 Å². The highest BCUT2D eigenvalue weighted by Crippen LogP contribution is 2.22. The number of sulfonamides is 1. The molecule has 0 amide bonds. The molecule has 0 aliphatic heterocycles. The highest BCUT2D eigenvalue weighted by atomic mass is 32.2. The standard InChI is InChI=1S/C13H15N3O2S3/c1-2-11(13-15-7-8-20-13)16-21(17,18)10-5-3-9(4-6-10)12(14)19/h3-8,11,16H,2H2,1H3,(H2,14,19). The Balaban J connectivity index is 2.23. The van der Waals surface area contributed by atoms with Crippen LogP contribution in [0.15, 0.2) is 40.7 Å². The fourth-order valence-corrected chi connectivity index (χ4v) is 4.04. The maximum absolute atomic E-state index is 12.4. The van der Waals surface area contributed by atoms with Crippen LogP contribution >= 0.6 is 23.6 Å². The highest BCUT2D eigenvalue weighted by Gasteiger charge is 2.21. The fourth-order valence-electron chi connectivity index (χ4n) is 1.77. The molecule has 2 rings (SSSR count). The fraction of sp³-hybridized carbons (Fsp3) is 0.231. The van der Waals surface area contributed by atoms with E-state index in [1.54, 1.807) is 18.3 Å². The molecule has 0 radical (unpaired) electrons. The summed E-state index contributed by atoms with van der Waals surface area (Å²) in [4.78, 5) is 4.58. The molecule has 112 valence electrons. The van der Waals surface area contributed by atoms with E-state index in [2.05, 4.69) is 9.71 Å². The molecule has 1 atom stereocenters. The zero-order valence-electron chi connectivity index (χ0n) is 11.3. The van der Waals surface area contributed by atoms with E-state index >= 15 is 0 Å². The van der Waals surface area contributed by atoms with Crippen LogP contribution in [0.1, 0.15) is 30.0 Å². The summed E-state index contributed by atoms with van der Waals surface area (Å²) in [5.41, 5.74) is 6.13. The van der Waals surface area contributed by atoms with Gasteiger partial charge in [0.2, 0.25) is 10.0 Å². The van der Waals surface area contributed by atoms with Crippen molar-refractivity contribution in [2.75, 3.05) is 0 Å². The van der Waals surface area contributed by atoms with Crippen molar-refractivity contribution in [3.8, 4) is 0 Å². The van der Waals surface area contributed by atoms with E-state index in [0.29, 0.717) is 12.0 Å². The maximum atomic E-state index is 12.4. The van der Waals surface area contributed by atoms with Gasteiger partial charge in [-0.05, 0) is 18.6 Å². The van der Waals surface area contributed by atoms with Gasteiger partial charge < -0.3 is 5.73 Å². The summed E-state index contributed by atoms with van der Waals surface area (Å²) in [7, 11) is -3.61. The Labute approximate surface area is 133 Å². The summed E-state index contributed by atoms with van der Waals surface area (Å²) in [6, 6.07) is 5.85. The summed E-state index contributed by atoms with van der Waals surface area (Å²) in [6.45, 7) is 1.91. The number of benzene rings is 1. The molecule has 3 N–H and O–H groups in total. The predicted molar refractivity (Wildman–Crippen MR) is 87.8 cm³/mol. The van der Waals surface area contributed by atoms with E-state index in [1.165, 1.54) is 23.5 Å². The third-order valence-electron chi connectivity index (χ3n) is 2.90. The maximum Gasteiger partial charge on any atom is 0.241 e. The van der Waals surface area contributed by atoms with Gasteiger partial charge in [0.05, 0.1) is 10.9 Å². The normalized spacial score (nSPS) is 13.0. The molecule has 2 aromatic rings. The van der Waals surface area contributed by atoms with Gasteiger partial charge in [-0.1, -0.05) is 31.3 Å². The number of hydrogen-bond acceptors (Lipinski definition) is 5. The van der Waals surface area contributed by atoms with E-state index in [4.69, 9.17) is 18.0 Å². The van der Waals surface area contributed by atoms with Crippen LogP contribution < -0.4 is 10.5 Å². The van der Waals surface area contributed by atoms with Gasteiger partial charge in [0.15, 0.2) is 0 Å². The Bertz CT molecular complexity index is 710. The molecule has 0 aliphatic carbocycles. The van der Waals surface area contributed by atoms with Crippen LogP contribution in [0.5, 0.6) is 0 Å². The molecule has 21 heavy (non-hydrogen) atoms. The Morgan fingerprint density at radius 2 is 2.10 bits per heavy atom. The molecule has 1 aromatic carbocycles. The number of rotatable bonds is 6. The van der Waals surface area contributed by atoms with E-state index in [-0.39, 0.29) is 15.9 Å². The molecule has 1 unspecified atom stereocenters. The first kappa shape index (κ1) is 16.0. The lowest BCUT2D eigenvalue weighted by molar-refractivity contribution is 0.549. The first-order valence-corrected chi connectivity index (χ1v) is 9.02. The lowest BCUT2D eigenvalue weighted by Gasteiger charge is -2.15. The molecular formula is C13H15N3O2S3. The average molecular weight is 341 g/mol. The number of thiazole rings is 1. The van der Waals surface area contributed by atoms with Crippen molar-refractivity contribution in [2.45, 2.75) is 24.3 Å². The molecule has 8 heteroatoms. The van der Waals surface area contributed by atoms with Crippen molar-refractivity contribution >= 4 is 38.6 Å². The number of hydrogen-bond donors (Lipinski definition) is 2. The molecule has 0 saturated carbocycles. The third-order valence-corrected chi connectivity index (χ3v) is 5.52. The summed E-state index contributed by atoms with van der Waals surface area (Å²) in [5.74, 6) is 0. The van der Waals surface area contributed by atoms with Crippen LogP contribution in [-0.2, 0) is 10.0 Å². The molecule has 0 bridgehead atoms. The van der Waals surface area contributed by atoms with Crippen LogP contribution in [0.3, 0.4) is 0 Å². The quantitative estimate of drug-likeness (QED) is 0.787. The lowest BCUT2D eigenvalue weighted by Crippen LogP contribution is -2.28. The monoisotopic (exact) mass is 341 g/mol. The van der Waals surface area contributed by atoms with E-state index in [0.717, 1.165) is 5.01 Å². The second-order valence-electron chi connectivity index (χ2n) is 4.34. The van der Waals surface area contributed by atoms with Gasteiger partial charge in [-0.25, -0.2) is 18.1 Å². The van der Waals surface area contributed by atoms with Crippen molar-refractivity contribution in [2.24, 2.45) is 5.73 Å². The molecule has 0 spiro atoms. The largest absolute Gasteiger partial charge is 0.389 e. The van der Waals surface area contributed by atoms with Crippen LogP contribution in [0.4, 0.5) is 0 Å². The van der Waals surface area contributed by atoms with Gasteiger partial charge in [0.25, 0.3) is 0 Å². The smallest absolute Gasteiger partial charge is 0.241 e. The Kier molecular flexibility index (Phi) is 5.04. The molecule has 0 aliphatic rings. The van der Waals surface area contributed by atoms with Gasteiger partial charge in [-0.15, -0.1) is 11.3 Å². The van der Waals surface area contributed by atoms with E-state index in [9.17, 15) is 8.42 Å². The minimum absolute atomic E-state index is 0.178. The summed E-state index contributed by atoms with van der Waals surface area (Å²) in [5, 5.41) is 2.57. The molecule has 1 aromatic heterocycles. The van der Waals surface area contributed by atoms with Gasteiger partial charge in [0.1, 0.15) is 10.00 Å². The first-order chi connectivity index (χ1) is 9.94. The lowest BCUT2D eigenvalue weighted by atomic mass is 10.2. The van der Waals surface area contributed by atoms with Crippen molar-refractivity contribution in [3.63, 3.8) is 0 Å². The zero-order chi connectivity index (χ0) is 15.5. The Morgan fingerprint density at radius 1 is 1.43 bits per heavy atom. The second kappa shape index (κ2) is 6.61. The molecular weight excluding hydrogens is 326 g/mol. The predicted octanol–water partition coefficient (Wildman–Crippen LogP) is 2.21. The summed E-state index contributed by atoms with van der Waals surface area (Å²) in [6.07, 6.45) is 2.28. The number of aromatic nitrogens is 1. The van der Waals surface area contributed by atoms with Gasteiger partial charge in [-0.2, -0.15) is 0 Å². The zero-order valence-corrected chi connectivity index (χ0v) is 13.8. The molecule has 1 heterocycles. The summed E-state index contributed by atoms with van der Waals surface area (Å²) >= 11 is 6.27. The van der Waals surface area contributed by atoms with Crippen LogP contribution in [0.25, 0.3) is 0 Å². The van der Waals surface area contributed by atoms with Crippen LogP contribution in [-0.4, -0.2) is 18.4 Å². The number of nitrogens with two attached hydrogens (primary N) is 1. The van der Waals surface area contributed by atoms with Gasteiger partial charge in [0, 0.05) is 17.1 Å². The molecule has 0 fully saturated rings. The molecule has 0 saturated heterocycles. The van der Waals surface area contributed by atoms with Crippen molar-refractivity contribution in [1.29, 1.82) is 0 Å². The number of nitrogens with zero attached hydrogens (tertiary/aromatic N) is 1. The van der Waals surface area contributed by atoms with Crippen molar-refractivity contribution < 1.29 is 8.42 Å². The molecule has 5 nitrogen and oxygen atoms in total. The van der Waals surface area contributed by atoms with Crippen molar-refractivity contribution in [1.82, 2.24) is 9.71 Å². The van der Waals surface area contributed by atoms with E-state index < -0.39 is 10.0 Å². The second-order valence-corrected chi connectivity index (χ2v) is 7.42. The number of nitrogens with one attached hydrogen (secondary N) is 1. The summed E-state index contributed by atoms with van der Waals surface area (Å²) < 4.78 is 27.4. The van der Waals surface area contributed by atoms with Crippen molar-refractivity contribution in [3.05, 3.63) is 46.4 Å². The SMILES string of the molecule is CCC(NS(=O)(=O)c1ccc(C(N)=S)cc1)c1nccs1. The topological polar surface area (TPSA) is 85.1 Å². The van der Waals surface area contributed by atoms with Crippen LogP contribution in [0.2, 0.25) is 0 Å². The third kappa shape index (κ3) is 3.85. The Hall–Kier alpha value is -1.35. The Morgan fingerprint density at radius 3 is 2.57 bits per heavy atom. The minimum atomic E-state index is -3.61. The minimum Gasteiger partial charge on any atom is -0.389 e. The van der Waals surface area contributed by atoms with Gasteiger partial charge >= 0.3 is 0 Å².